The van der Waals surface area contributed by atoms with Gasteiger partial charge in [0.1, 0.15) is 0 Å². The zero-order valence-electron chi connectivity index (χ0n) is 10.5. The van der Waals surface area contributed by atoms with Gasteiger partial charge in [0.25, 0.3) is 0 Å². The van der Waals surface area contributed by atoms with Crippen molar-refractivity contribution in [3.63, 3.8) is 0 Å². The Kier molecular flexibility index (Phi) is 9.16. The molecule has 0 spiro atoms. The maximum atomic E-state index is 4.90. The third-order valence-electron chi connectivity index (χ3n) is 1.74. The van der Waals surface area contributed by atoms with Crippen LogP contribution in [0, 0.1) is 7.91 Å². The predicted octanol–water partition coefficient (Wildman–Crippen LogP) is 5.02. The second kappa shape index (κ2) is 10.1. The number of rotatable bonds is 5. The monoisotopic (exact) mass is 370 g/mol. The fraction of sp³-hybridized carbons (Fsp3) is 0.556. The van der Waals surface area contributed by atoms with Gasteiger partial charge in [0.2, 0.25) is 0 Å². The van der Waals surface area contributed by atoms with E-state index in [1.165, 1.54) is 24.2 Å². The molecule has 2 rings (SSSR count). The van der Waals surface area contributed by atoms with Gasteiger partial charge in [-0.1, -0.05) is 59.5 Å². The highest BCUT2D eigenvalue weighted by Crippen LogP contribution is 2.20. The summed E-state index contributed by atoms with van der Waals surface area (Å²) in [4.78, 5) is 0. The lowest BCUT2D eigenvalue weighted by Crippen LogP contribution is -1.76. The molecule has 2 aromatic rings. The molecular weight excluding hydrogens is 357 g/mol. The summed E-state index contributed by atoms with van der Waals surface area (Å²) in [6, 6.07) is 0. The molecule has 0 aliphatic heterocycles. The van der Waals surface area contributed by atoms with Crippen LogP contribution in [0.15, 0.2) is 8.68 Å². The van der Waals surface area contributed by atoms with E-state index in [0.717, 1.165) is 22.3 Å². The fourth-order valence-corrected chi connectivity index (χ4v) is 4.62. The molecule has 0 saturated heterocycles. The summed E-state index contributed by atoms with van der Waals surface area (Å²) in [6.07, 6.45) is 4.46. The number of thioether (sulfide) groups is 2. The van der Waals surface area contributed by atoms with Gasteiger partial charge in [-0.3, -0.25) is 10.2 Å². The smallest absolute Gasteiger partial charge is 0.177 e. The number of H-pyrrole nitrogens is 2. The van der Waals surface area contributed by atoms with Crippen LogP contribution in [0.4, 0.5) is 0 Å². The summed E-state index contributed by atoms with van der Waals surface area (Å²) >= 11 is 16.1. The van der Waals surface area contributed by atoms with Crippen molar-refractivity contribution in [3.05, 3.63) is 7.91 Å². The maximum Gasteiger partial charge on any atom is 0.177 e. The highest BCUT2D eigenvalue weighted by Gasteiger charge is 1.96. The molecule has 2 aromatic heterocycles. The molecule has 0 atom stereocenters. The predicted molar refractivity (Wildman–Crippen MR) is 92.0 cm³/mol. The van der Waals surface area contributed by atoms with Crippen LogP contribution in [-0.2, 0) is 0 Å². The van der Waals surface area contributed by atoms with Gasteiger partial charge in [0.05, 0.1) is 0 Å². The first-order valence-corrected chi connectivity index (χ1v) is 10.1. The van der Waals surface area contributed by atoms with Crippen molar-refractivity contribution in [2.24, 2.45) is 0 Å². The Morgan fingerprint density at radius 2 is 1.68 bits per heavy atom. The van der Waals surface area contributed by atoms with E-state index in [1.54, 1.807) is 34.9 Å². The Labute approximate surface area is 138 Å². The third-order valence-corrected chi connectivity index (χ3v) is 6.13. The van der Waals surface area contributed by atoms with Crippen molar-refractivity contribution in [1.82, 2.24) is 20.4 Å². The van der Waals surface area contributed by atoms with Gasteiger partial charge in [-0.25, -0.2) is 0 Å². The zero-order valence-corrected chi connectivity index (χ0v) is 15.4. The lowest BCUT2D eigenvalue weighted by molar-refractivity contribution is 0.894. The van der Waals surface area contributed by atoms with E-state index in [-0.39, 0.29) is 0 Å². The Bertz CT molecular complexity index is 567. The molecule has 0 aromatic carbocycles. The summed E-state index contributed by atoms with van der Waals surface area (Å²) in [7, 11) is 0. The molecule has 10 heteroatoms. The molecule has 2 N–H and O–H groups in total. The summed E-state index contributed by atoms with van der Waals surface area (Å²) in [6.45, 7) is 2.19. The Hall–Kier alpha value is 0.260. The number of aromatic nitrogens is 4. The van der Waals surface area contributed by atoms with E-state index in [2.05, 4.69) is 27.3 Å². The maximum absolute atomic E-state index is 4.90. The first-order chi connectivity index (χ1) is 9.15. The summed E-state index contributed by atoms with van der Waals surface area (Å²) < 4.78 is 3.57. The molecule has 0 bridgehead atoms. The third kappa shape index (κ3) is 7.57. The Morgan fingerprint density at radius 3 is 2.05 bits per heavy atom. The van der Waals surface area contributed by atoms with E-state index in [1.807, 2.05) is 6.26 Å². The number of hydrogen-bond acceptors (Lipinski definition) is 8. The molecule has 0 unspecified atom stereocenters. The van der Waals surface area contributed by atoms with Crippen LogP contribution in [0.1, 0.15) is 19.8 Å². The molecular formula is C9H14N4S6. The molecule has 0 fully saturated rings. The van der Waals surface area contributed by atoms with Gasteiger partial charge in [-0.15, -0.1) is 0 Å². The second-order valence-electron chi connectivity index (χ2n) is 3.16. The van der Waals surface area contributed by atoms with Crippen molar-refractivity contribution in [1.29, 1.82) is 0 Å². The van der Waals surface area contributed by atoms with Gasteiger partial charge in [0.15, 0.2) is 16.6 Å². The largest absolute Gasteiger partial charge is 0.257 e. The first-order valence-electron chi connectivity index (χ1n) is 5.43. The van der Waals surface area contributed by atoms with Crippen LogP contribution in [-0.4, -0.2) is 32.4 Å². The van der Waals surface area contributed by atoms with Crippen LogP contribution in [0.5, 0.6) is 0 Å². The second-order valence-corrected chi connectivity index (χ2v) is 8.89. The van der Waals surface area contributed by atoms with Crippen molar-refractivity contribution < 1.29 is 0 Å². The molecule has 4 nitrogen and oxygen atoms in total. The van der Waals surface area contributed by atoms with Crippen molar-refractivity contribution >= 4 is 70.6 Å². The summed E-state index contributed by atoms with van der Waals surface area (Å²) in [5.41, 5.74) is 0. The highest BCUT2D eigenvalue weighted by molar-refractivity contribution is 8.01. The molecule has 0 radical (unpaired) electrons. The zero-order chi connectivity index (χ0) is 14.1. The lowest BCUT2D eigenvalue weighted by atomic mass is 10.4. The van der Waals surface area contributed by atoms with E-state index in [9.17, 15) is 0 Å². The quantitative estimate of drug-likeness (QED) is 0.438. The van der Waals surface area contributed by atoms with Crippen LogP contribution >= 0.6 is 70.6 Å². The van der Waals surface area contributed by atoms with Crippen LogP contribution in [0.25, 0.3) is 0 Å². The standard InChI is InChI=1S/C6H10N2S3.C3H4N2S3/c1-2-3-4-10-6-8-7-5(9)11-6;1-7-3-5-4-2(6)8-3/h2-4H2,1H3,(H,7,9);1H3,(H,4,6). The van der Waals surface area contributed by atoms with Gasteiger partial charge in [-0.05, 0) is 37.1 Å². The summed E-state index contributed by atoms with van der Waals surface area (Å²) in [5, 5.41) is 13.4. The minimum Gasteiger partial charge on any atom is -0.257 e. The Balaban J connectivity index is 0.000000200. The average Bonchev–Trinajstić information content (AvgIpc) is 2.99. The van der Waals surface area contributed by atoms with Crippen LogP contribution in [0.3, 0.4) is 0 Å². The van der Waals surface area contributed by atoms with Crippen molar-refractivity contribution in [3.8, 4) is 0 Å². The number of unbranched alkanes of at least 4 members (excludes halogenated alkanes) is 1. The topological polar surface area (TPSA) is 57.4 Å². The molecule has 2 heterocycles. The minimum atomic E-state index is 0.745. The minimum absolute atomic E-state index is 0.745. The molecule has 0 saturated carbocycles. The van der Waals surface area contributed by atoms with Crippen molar-refractivity contribution in [2.75, 3.05) is 12.0 Å². The average molecular weight is 371 g/mol. The van der Waals surface area contributed by atoms with Gasteiger partial charge in [-0.2, -0.15) is 10.2 Å². The Morgan fingerprint density at radius 1 is 1.11 bits per heavy atom. The van der Waals surface area contributed by atoms with Crippen molar-refractivity contribution in [2.45, 2.75) is 28.4 Å². The molecule has 0 aliphatic rings. The highest BCUT2D eigenvalue weighted by atomic mass is 32.2. The first kappa shape index (κ1) is 17.3. The van der Waals surface area contributed by atoms with E-state index < -0.39 is 0 Å². The molecule has 19 heavy (non-hydrogen) atoms. The summed E-state index contributed by atoms with van der Waals surface area (Å²) in [5.74, 6) is 1.15. The fourth-order valence-electron chi connectivity index (χ4n) is 0.885. The van der Waals surface area contributed by atoms with Gasteiger partial charge < -0.3 is 0 Å². The lowest BCUT2D eigenvalue weighted by Gasteiger charge is -1.91. The van der Waals surface area contributed by atoms with E-state index in [4.69, 9.17) is 24.4 Å². The molecule has 0 aliphatic carbocycles. The number of nitrogens with one attached hydrogen (secondary N) is 2. The number of aromatic amines is 2. The molecule has 0 amide bonds. The van der Waals surface area contributed by atoms with E-state index >= 15 is 0 Å². The number of nitrogens with zero attached hydrogens (tertiary/aromatic N) is 2. The van der Waals surface area contributed by atoms with Crippen LogP contribution in [0.2, 0.25) is 0 Å². The van der Waals surface area contributed by atoms with E-state index in [0.29, 0.717) is 0 Å². The van der Waals surface area contributed by atoms with Crippen LogP contribution < -0.4 is 0 Å². The van der Waals surface area contributed by atoms with Gasteiger partial charge >= 0.3 is 0 Å². The molecule has 106 valence electrons. The SMILES string of the molecule is CCCCSc1n[nH]c(=S)s1.CSc1n[nH]c(=S)s1. The van der Waals surface area contributed by atoms with Gasteiger partial charge in [0, 0.05) is 5.75 Å². The number of hydrogen-bond donors (Lipinski definition) is 2. The normalized spacial score (nSPS) is 10.0.